The minimum atomic E-state index is -3.57. The van der Waals surface area contributed by atoms with Gasteiger partial charge in [-0.1, -0.05) is 0 Å². The van der Waals surface area contributed by atoms with E-state index in [-0.39, 0.29) is 6.10 Å². The van der Waals surface area contributed by atoms with Crippen LogP contribution in [0.3, 0.4) is 0 Å². The summed E-state index contributed by atoms with van der Waals surface area (Å²) in [5, 5.41) is 3.12. The summed E-state index contributed by atoms with van der Waals surface area (Å²) < 4.78 is 22.1. The molecule has 1 aromatic carbocycles. The normalized spacial score (nSPS) is 28.4. The Morgan fingerprint density at radius 2 is 1.71 bits per heavy atom. The van der Waals surface area contributed by atoms with Gasteiger partial charge in [-0.2, -0.15) is 0 Å². The quantitative estimate of drug-likeness (QED) is 0.841. The molecule has 1 fully saturated rings. The number of rotatable bonds is 4. The van der Waals surface area contributed by atoms with Gasteiger partial charge in [-0.25, -0.2) is 0 Å². The molecule has 96 valence electrons. The Morgan fingerprint density at radius 1 is 1.12 bits per heavy atom. The number of benzene rings is 1. The second kappa shape index (κ2) is 4.61. The molecule has 1 aromatic rings. The molecule has 0 amide bonds. The average molecular weight is 259 g/mol. The zero-order valence-electron chi connectivity index (χ0n) is 10.3. The van der Waals surface area contributed by atoms with E-state index in [9.17, 15) is 0 Å². The van der Waals surface area contributed by atoms with E-state index in [1.165, 1.54) is 21.3 Å². The molecule has 1 aliphatic rings. The van der Waals surface area contributed by atoms with Crippen LogP contribution in [0.15, 0.2) is 30.3 Å². The molecule has 0 radical (unpaired) electrons. The first-order valence-corrected chi connectivity index (χ1v) is 7.28. The average Bonchev–Trinajstić information content (AvgIpc) is 2.82. The van der Waals surface area contributed by atoms with E-state index in [1.807, 2.05) is 30.3 Å². The summed E-state index contributed by atoms with van der Waals surface area (Å²) in [5.41, 5.74) is 1.07. The monoisotopic (exact) mass is 259 g/mol. The second-order valence-corrected chi connectivity index (χ2v) is 6.97. The van der Waals surface area contributed by atoms with Crippen molar-refractivity contribution in [3.8, 4) is 0 Å². The molecule has 0 bridgehead atoms. The van der Waals surface area contributed by atoms with Crippen LogP contribution in [0.4, 0.5) is 0 Å². The summed E-state index contributed by atoms with van der Waals surface area (Å²) in [5.74, 6) is 0. The molecular formula is C11H18NO4P. The zero-order valence-corrected chi connectivity index (χ0v) is 11.1. The van der Waals surface area contributed by atoms with E-state index in [1.54, 1.807) is 0 Å². The van der Waals surface area contributed by atoms with Gasteiger partial charge in [0.25, 0.3) is 0 Å². The van der Waals surface area contributed by atoms with E-state index in [2.05, 4.69) is 5.09 Å². The molecule has 1 N–H and O–H groups in total. The zero-order chi connectivity index (χ0) is 12.4. The third kappa shape index (κ3) is 2.10. The van der Waals surface area contributed by atoms with Crippen LogP contribution in [0.2, 0.25) is 0 Å². The van der Waals surface area contributed by atoms with Crippen LogP contribution in [-0.4, -0.2) is 27.9 Å². The van der Waals surface area contributed by atoms with Crippen LogP contribution in [0.1, 0.15) is 11.7 Å². The molecule has 0 aliphatic carbocycles. The molecule has 0 saturated carbocycles. The van der Waals surface area contributed by atoms with Crippen molar-refractivity contribution in [3.63, 3.8) is 0 Å². The fourth-order valence-corrected chi connectivity index (χ4v) is 4.19. The van der Waals surface area contributed by atoms with Crippen molar-refractivity contribution in [3.05, 3.63) is 35.9 Å². The molecule has 1 unspecified atom stereocenters. The van der Waals surface area contributed by atoms with E-state index in [0.717, 1.165) is 5.56 Å². The summed E-state index contributed by atoms with van der Waals surface area (Å²) in [6.45, 7) is 0.595. The fraction of sp³-hybridized carbons (Fsp3) is 0.455. The van der Waals surface area contributed by atoms with Crippen LogP contribution in [0.5, 0.6) is 0 Å². The summed E-state index contributed by atoms with van der Waals surface area (Å²) in [4.78, 5) is 0. The van der Waals surface area contributed by atoms with Crippen molar-refractivity contribution in [1.82, 2.24) is 5.09 Å². The van der Waals surface area contributed by atoms with Crippen LogP contribution in [0.25, 0.3) is 0 Å². The van der Waals surface area contributed by atoms with Gasteiger partial charge < -0.3 is 0 Å². The topological polar surface area (TPSA) is 49.0 Å². The number of hydrogen-bond donors (Lipinski definition) is 1. The maximum atomic E-state index is 5.92. The molecule has 0 aromatic heterocycles. The fourth-order valence-electron chi connectivity index (χ4n) is 1.92. The van der Waals surface area contributed by atoms with Crippen molar-refractivity contribution in [1.29, 1.82) is 0 Å². The molecule has 0 spiro atoms. The maximum absolute atomic E-state index is 5.92. The number of nitrogens with one attached hydrogen (secondary N) is 1. The van der Waals surface area contributed by atoms with Gasteiger partial charge in [-0.3, -0.25) is 0 Å². The standard InChI is InChI=1S/C11H18NO4P/c1-13-17(14-2,15-3)12-9-11(16-17)10-7-5-4-6-8-10/h4-8,11-12H,9H2,1-3H3. The predicted molar refractivity (Wildman–Crippen MR) is 66.2 cm³/mol. The molecule has 1 saturated heterocycles. The third-order valence-corrected chi connectivity index (χ3v) is 6.17. The first kappa shape index (κ1) is 12.9. The van der Waals surface area contributed by atoms with E-state index >= 15 is 0 Å². The Hall–Kier alpha value is -0.550. The molecular weight excluding hydrogens is 241 g/mol. The Morgan fingerprint density at radius 3 is 2.18 bits per heavy atom. The van der Waals surface area contributed by atoms with Gasteiger partial charge in [0.05, 0.1) is 0 Å². The van der Waals surface area contributed by atoms with Crippen molar-refractivity contribution in [2.24, 2.45) is 0 Å². The van der Waals surface area contributed by atoms with Gasteiger partial charge in [-0.15, -0.1) is 0 Å². The summed E-state index contributed by atoms with van der Waals surface area (Å²) in [6.07, 6.45) is -0.131. The van der Waals surface area contributed by atoms with Crippen molar-refractivity contribution < 1.29 is 18.1 Å². The van der Waals surface area contributed by atoms with Crippen molar-refractivity contribution in [2.75, 3.05) is 27.9 Å². The molecule has 2 rings (SSSR count). The first-order chi connectivity index (χ1) is 8.17. The van der Waals surface area contributed by atoms with Gasteiger partial charge in [0.2, 0.25) is 0 Å². The van der Waals surface area contributed by atoms with Crippen LogP contribution in [-0.2, 0) is 18.1 Å². The van der Waals surface area contributed by atoms with Gasteiger partial charge in [0.15, 0.2) is 0 Å². The SMILES string of the molecule is COP1(OC)(OC)NCC(c2ccccc2)O1. The Labute approximate surface area is 101 Å². The van der Waals surface area contributed by atoms with Gasteiger partial charge in [0, 0.05) is 0 Å². The van der Waals surface area contributed by atoms with Gasteiger partial charge >= 0.3 is 101 Å². The van der Waals surface area contributed by atoms with Crippen LogP contribution >= 0.6 is 7.66 Å². The molecule has 1 heterocycles. The van der Waals surface area contributed by atoms with E-state index < -0.39 is 7.66 Å². The predicted octanol–water partition coefficient (Wildman–Crippen LogP) is 2.42. The van der Waals surface area contributed by atoms with Crippen LogP contribution < -0.4 is 5.09 Å². The van der Waals surface area contributed by atoms with Gasteiger partial charge in [0.1, 0.15) is 0 Å². The van der Waals surface area contributed by atoms with Crippen molar-refractivity contribution >= 4 is 7.66 Å². The first-order valence-electron chi connectivity index (χ1n) is 5.38. The van der Waals surface area contributed by atoms with Crippen LogP contribution in [0, 0.1) is 0 Å². The minimum absolute atomic E-state index is 0.131. The third-order valence-electron chi connectivity index (χ3n) is 2.96. The molecule has 5 nitrogen and oxygen atoms in total. The molecule has 6 heteroatoms. The number of hydrogen-bond acceptors (Lipinski definition) is 5. The molecule has 17 heavy (non-hydrogen) atoms. The Bertz CT molecular complexity index is 371. The molecule has 1 aliphatic heterocycles. The Kier molecular flexibility index (Phi) is 3.50. The summed E-state index contributed by atoms with van der Waals surface area (Å²) >= 11 is 0. The van der Waals surface area contributed by atoms with E-state index in [0.29, 0.717) is 6.54 Å². The summed E-state index contributed by atoms with van der Waals surface area (Å²) in [6, 6.07) is 9.92. The van der Waals surface area contributed by atoms with E-state index in [4.69, 9.17) is 18.1 Å². The van der Waals surface area contributed by atoms with Crippen molar-refractivity contribution in [2.45, 2.75) is 6.10 Å². The molecule has 1 atom stereocenters. The van der Waals surface area contributed by atoms with Gasteiger partial charge in [-0.05, 0) is 0 Å². The summed E-state index contributed by atoms with van der Waals surface area (Å²) in [7, 11) is 0.983. The Balaban J connectivity index is 2.24. The second-order valence-electron chi connectivity index (χ2n) is 3.73.